The van der Waals surface area contributed by atoms with E-state index in [2.05, 4.69) is 32.7 Å². The molecular weight excluding hydrogens is 662 g/mol. The van der Waals surface area contributed by atoms with E-state index < -0.39 is 0 Å². The number of pyridine rings is 1. The zero-order valence-electron chi connectivity index (χ0n) is 28.4. The lowest BCUT2D eigenvalue weighted by molar-refractivity contribution is 0.0193. The minimum absolute atomic E-state index is 0.00960. The summed E-state index contributed by atoms with van der Waals surface area (Å²) < 4.78 is 7.82. The fourth-order valence-corrected chi connectivity index (χ4v) is 7.96. The van der Waals surface area contributed by atoms with Crippen LogP contribution >= 0.6 is 11.6 Å². The number of nitrogens with zero attached hydrogens (tertiary/aromatic N) is 5. The van der Waals surface area contributed by atoms with Crippen LogP contribution in [0.15, 0.2) is 97.2 Å². The summed E-state index contributed by atoms with van der Waals surface area (Å²) in [6.07, 6.45) is 5.07. The van der Waals surface area contributed by atoms with E-state index >= 15 is 0 Å². The van der Waals surface area contributed by atoms with Crippen molar-refractivity contribution in [1.29, 1.82) is 0 Å². The summed E-state index contributed by atoms with van der Waals surface area (Å²) in [4.78, 5) is 40.2. The normalized spacial score (nSPS) is 17.4. The number of hydrogen-bond acceptors (Lipinski definition) is 6. The number of phenolic OH excluding ortho intramolecular Hbond substituents is 1. The number of phenols is 1. The van der Waals surface area contributed by atoms with Gasteiger partial charge in [-0.05, 0) is 97.5 Å². The summed E-state index contributed by atoms with van der Waals surface area (Å²) in [5.41, 5.74) is 6.60. The number of rotatable bonds is 7. The lowest BCUT2D eigenvalue weighted by Gasteiger charge is -2.40. The van der Waals surface area contributed by atoms with Gasteiger partial charge in [-0.25, -0.2) is 4.98 Å². The van der Waals surface area contributed by atoms with Crippen LogP contribution in [-0.4, -0.2) is 75.2 Å². The van der Waals surface area contributed by atoms with Gasteiger partial charge in [0.25, 0.3) is 11.8 Å². The average Bonchev–Trinajstić information content (AvgIpc) is 3.56. The number of halogens is 1. The van der Waals surface area contributed by atoms with Crippen molar-refractivity contribution in [3.05, 3.63) is 130 Å². The minimum Gasteiger partial charge on any atom is -0.508 e. The number of amides is 2. The first kappa shape index (κ1) is 33.2. The van der Waals surface area contributed by atoms with Gasteiger partial charge in [-0.1, -0.05) is 41.9 Å². The second kappa shape index (κ2) is 14.3. The number of morpholine rings is 1. The van der Waals surface area contributed by atoms with Crippen molar-refractivity contribution in [2.45, 2.75) is 44.8 Å². The summed E-state index contributed by atoms with van der Waals surface area (Å²) in [6, 6.07) is 27.8. The number of benzene rings is 3. The molecule has 1 N–H and O–H groups in total. The molecule has 0 saturated carbocycles. The standard InChI is InChI=1S/C41H40ClN5O4/c42-30-11-16-34(40(49)46-26-29-8-2-1-7-28(29)23-32(46)27-44-19-21-51-22-20-44)35(24-30)38-25-36(37-9-4-6-18-45(37)38)41(50)47(39-10-3-5-17-43-39)31-12-14-33(48)15-13-31/h1-3,5,7-8,10-17,24-25,32,48H,4,6,9,18-23,26-27H2/t32-/m0/s1. The number of anilines is 2. The molecule has 3 aliphatic rings. The largest absolute Gasteiger partial charge is 0.508 e. The van der Waals surface area contributed by atoms with Crippen molar-refractivity contribution < 1.29 is 19.4 Å². The minimum atomic E-state index is -0.232. The molecule has 0 radical (unpaired) electrons. The fourth-order valence-electron chi connectivity index (χ4n) is 7.79. The summed E-state index contributed by atoms with van der Waals surface area (Å²) in [5, 5.41) is 10.5. The lowest BCUT2D eigenvalue weighted by atomic mass is 9.92. The first-order valence-corrected chi connectivity index (χ1v) is 18.1. The van der Waals surface area contributed by atoms with Crippen molar-refractivity contribution in [2.24, 2.45) is 0 Å². The number of aromatic nitrogens is 2. The Labute approximate surface area is 302 Å². The Balaban J connectivity index is 1.20. The number of fused-ring (bicyclic) bond motifs is 2. The number of carbonyl (C=O) groups excluding carboxylic acids is 2. The third-order valence-electron chi connectivity index (χ3n) is 10.4. The van der Waals surface area contributed by atoms with Crippen LogP contribution in [0.4, 0.5) is 11.5 Å². The summed E-state index contributed by atoms with van der Waals surface area (Å²) in [6.45, 7) is 5.10. The van der Waals surface area contributed by atoms with E-state index in [9.17, 15) is 14.7 Å². The Morgan fingerprint density at radius 3 is 2.45 bits per heavy atom. The number of aromatic hydroxyl groups is 1. The van der Waals surface area contributed by atoms with Gasteiger partial charge in [0.05, 0.1) is 24.5 Å². The first-order valence-electron chi connectivity index (χ1n) is 17.7. The van der Waals surface area contributed by atoms with E-state index in [0.717, 1.165) is 68.8 Å². The van der Waals surface area contributed by atoms with E-state index in [0.29, 0.717) is 53.0 Å². The Kier molecular flexibility index (Phi) is 9.34. The van der Waals surface area contributed by atoms with Crippen molar-refractivity contribution in [3.63, 3.8) is 0 Å². The molecule has 2 amide bonds. The van der Waals surface area contributed by atoms with E-state index in [1.54, 1.807) is 47.5 Å². The van der Waals surface area contributed by atoms with Gasteiger partial charge in [0.15, 0.2) is 0 Å². The number of hydrogen-bond donors (Lipinski definition) is 1. The van der Waals surface area contributed by atoms with Crippen LogP contribution in [0.25, 0.3) is 11.3 Å². The predicted molar refractivity (Wildman–Crippen MR) is 198 cm³/mol. The molecule has 10 heteroatoms. The second-order valence-electron chi connectivity index (χ2n) is 13.5. The molecular formula is C41H40ClN5O4. The monoisotopic (exact) mass is 701 g/mol. The summed E-state index contributed by atoms with van der Waals surface area (Å²) in [5.74, 6) is 0.302. The molecule has 3 aliphatic heterocycles. The highest BCUT2D eigenvalue weighted by Crippen LogP contribution is 2.38. The summed E-state index contributed by atoms with van der Waals surface area (Å²) >= 11 is 6.70. The van der Waals surface area contributed by atoms with E-state index in [1.165, 1.54) is 5.56 Å². The quantitative estimate of drug-likeness (QED) is 0.194. The maximum Gasteiger partial charge on any atom is 0.265 e. The lowest BCUT2D eigenvalue weighted by Crippen LogP contribution is -2.52. The first-order chi connectivity index (χ1) is 24.9. The summed E-state index contributed by atoms with van der Waals surface area (Å²) in [7, 11) is 0. The molecule has 8 rings (SSSR count). The van der Waals surface area contributed by atoms with Crippen LogP contribution in [0.2, 0.25) is 5.02 Å². The molecule has 0 aliphatic carbocycles. The maximum atomic E-state index is 14.9. The Morgan fingerprint density at radius 1 is 0.882 bits per heavy atom. The van der Waals surface area contributed by atoms with Gasteiger partial charge in [0, 0.05) is 72.5 Å². The second-order valence-corrected chi connectivity index (χ2v) is 13.9. The zero-order chi connectivity index (χ0) is 34.9. The van der Waals surface area contributed by atoms with Gasteiger partial charge >= 0.3 is 0 Å². The van der Waals surface area contributed by atoms with Gasteiger partial charge in [-0.2, -0.15) is 0 Å². The maximum absolute atomic E-state index is 14.9. The Hall–Kier alpha value is -4.96. The highest BCUT2D eigenvalue weighted by atomic mass is 35.5. The van der Waals surface area contributed by atoms with Crippen LogP contribution in [0.5, 0.6) is 5.75 Å². The van der Waals surface area contributed by atoms with Crippen molar-refractivity contribution in [3.8, 4) is 17.0 Å². The van der Waals surface area contributed by atoms with Gasteiger partial charge in [-0.3, -0.25) is 19.4 Å². The SMILES string of the molecule is O=C(c1cc(-c2cc(Cl)ccc2C(=O)N2Cc3ccccc3C[C@H]2CN2CCOCC2)n2c1CCCC2)N(c1ccc(O)cc1)c1ccccn1. The molecule has 5 heterocycles. The van der Waals surface area contributed by atoms with Gasteiger partial charge in [0.1, 0.15) is 11.6 Å². The molecule has 1 fully saturated rings. The third-order valence-corrected chi connectivity index (χ3v) is 10.6. The molecule has 5 aromatic rings. The zero-order valence-corrected chi connectivity index (χ0v) is 29.1. The molecule has 0 spiro atoms. The van der Waals surface area contributed by atoms with Gasteiger partial charge in [-0.15, -0.1) is 0 Å². The topological polar surface area (TPSA) is 91.1 Å². The Morgan fingerprint density at radius 2 is 1.67 bits per heavy atom. The number of ether oxygens (including phenoxy) is 1. The van der Waals surface area contributed by atoms with E-state index in [-0.39, 0.29) is 23.6 Å². The van der Waals surface area contributed by atoms with Crippen LogP contribution in [0.1, 0.15) is 50.4 Å². The molecule has 1 atom stereocenters. The molecule has 0 unspecified atom stereocenters. The molecule has 2 aromatic heterocycles. The van der Waals surface area contributed by atoms with Crippen molar-refractivity contribution in [1.82, 2.24) is 19.4 Å². The van der Waals surface area contributed by atoms with Crippen LogP contribution in [-0.2, 0) is 30.7 Å². The highest BCUT2D eigenvalue weighted by Gasteiger charge is 2.35. The van der Waals surface area contributed by atoms with Crippen LogP contribution < -0.4 is 4.90 Å². The predicted octanol–water partition coefficient (Wildman–Crippen LogP) is 7.12. The third kappa shape index (κ3) is 6.65. The molecule has 0 bridgehead atoms. The van der Waals surface area contributed by atoms with E-state index in [4.69, 9.17) is 16.3 Å². The van der Waals surface area contributed by atoms with Crippen LogP contribution in [0.3, 0.4) is 0 Å². The number of carbonyl (C=O) groups is 2. The van der Waals surface area contributed by atoms with Crippen LogP contribution in [0, 0.1) is 0 Å². The fraction of sp³-hybridized carbons (Fsp3) is 0.293. The van der Waals surface area contributed by atoms with E-state index in [1.807, 2.05) is 41.3 Å². The molecule has 1 saturated heterocycles. The van der Waals surface area contributed by atoms with Crippen molar-refractivity contribution >= 4 is 34.9 Å². The van der Waals surface area contributed by atoms with Gasteiger partial charge < -0.3 is 19.3 Å². The Bertz CT molecular complexity index is 2060. The highest BCUT2D eigenvalue weighted by molar-refractivity contribution is 6.31. The molecule has 51 heavy (non-hydrogen) atoms. The smallest absolute Gasteiger partial charge is 0.265 e. The average molecular weight is 702 g/mol. The van der Waals surface area contributed by atoms with Crippen molar-refractivity contribution in [2.75, 3.05) is 37.7 Å². The molecule has 9 nitrogen and oxygen atoms in total. The molecule has 260 valence electrons. The molecule has 3 aromatic carbocycles. The van der Waals surface area contributed by atoms with Gasteiger partial charge in [0.2, 0.25) is 0 Å².